The van der Waals surface area contributed by atoms with Crippen molar-refractivity contribution in [1.29, 1.82) is 0 Å². The van der Waals surface area contributed by atoms with Gasteiger partial charge in [0.15, 0.2) is 0 Å². The molecule has 1 aromatic heterocycles. The highest BCUT2D eigenvalue weighted by Crippen LogP contribution is 2.53. The second-order valence-electron chi connectivity index (χ2n) is 9.62. The molecular weight excluding hydrogens is 617 g/mol. The van der Waals surface area contributed by atoms with Crippen LogP contribution >= 0.6 is 39.0 Å². The summed E-state index contributed by atoms with van der Waals surface area (Å²) in [5, 5.41) is 2.50. The molecule has 1 N–H and O–H groups in total. The minimum Gasteiger partial charge on any atom is -0.325 e. The molecule has 6 rings (SSSR count). The van der Waals surface area contributed by atoms with Gasteiger partial charge in [0.25, 0.3) is 0 Å². The Bertz CT molecular complexity index is 1700. The lowest BCUT2D eigenvalue weighted by Crippen LogP contribution is -2.33. The number of thioether (sulfide) groups is 1. The molecule has 40 heavy (non-hydrogen) atoms. The molecule has 3 amide bonds. The monoisotopic (exact) mass is 637 g/mol. The maximum absolute atomic E-state index is 13.8. The van der Waals surface area contributed by atoms with Gasteiger partial charge >= 0.3 is 4.87 Å². The van der Waals surface area contributed by atoms with Crippen LogP contribution in [0.4, 0.5) is 15.8 Å². The first-order chi connectivity index (χ1) is 19.2. The first kappa shape index (κ1) is 26.7. The number of rotatable bonds is 5. The van der Waals surface area contributed by atoms with Crippen molar-refractivity contribution >= 4 is 68.1 Å². The third-order valence-corrected chi connectivity index (χ3v) is 10.1. The fraction of sp³-hybridized carbons (Fsp3) is 0.172. The van der Waals surface area contributed by atoms with Gasteiger partial charge in [0.1, 0.15) is 17.6 Å². The van der Waals surface area contributed by atoms with Crippen molar-refractivity contribution in [2.75, 3.05) is 10.2 Å². The minimum absolute atomic E-state index is 0.236. The van der Waals surface area contributed by atoms with Crippen molar-refractivity contribution in [3.63, 3.8) is 0 Å². The van der Waals surface area contributed by atoms with Gasteiger partial charge in [-0.05, 0) is 61.0 Å². The van der Waals surface area contributed by atoms with Crippen LogP contribution in [-0.4, -0.2) is 27.5 Å². The topological polar surface area (TPSA) is 88.5 Å². The summed E-state index contributed by atoms with van der Waals surface area (Å²) in [7, 11) is 0. The lowest BCUT2D eigenvalue weighted by atomic mass is 9.83. The summed E-state index contributed by atoms with van der Waals surface area (Å²) in [4.78, 5) is 55.1. The first-order valence-electron chi connectivity index (χ1n) is 12.4. The minimum atomic E-state index is -0.820. The second-order valence-corrected chi connectivity index (χ2v) is 12.7. The summed E-state index contributed by atoms with van der Waals surface area (Å²) < 4.78 is 15.8. The first-order valence-corrected chi connectivity index (χ1v) is 14.9. The Labute approximate surface area is 245 Å². The standard InChI is InChI=1S/C29H21BrFN3O4S2/c1-15-2-10-19(11-3-15)32-21(35)14-33-28-25(40-29(33)38)22(16-4-6-17(30)7-5-16)23-24(39-28)27(37)34(26(23)36)20-12-8-18(31)9-13-20/h2-13,22-24H,14H2,1H3,(H,32,35). The number of carbonyl (C=O) groups excluding carboxylic acids is 3. The van der Waals surface area contributed by atoms with Gasteiger partial charge in [0.05, 0.1) is 16.6 Å². The van der Waals surface area contributed by atoms with Gasteiger partial charge in [-0.2, -0.15) is 0 Å². The molecule has 0 bridgehead atoms. The predicted molar refractivity (Wildman–Crippen MR) is 156 cm³/mol. The maximum Gasteiger partial charge on any atom is 0.308 e. The van der Waals surface area contributed by atoms with Crippen molar-refractivity contribution in [1.82, 2.24) is 4.57 Å². The zero-order chi connectivity index (χ0) is 28.1. The average molecular weight is 639 g/mol. The number of aryl methyl sites for hydroxylation is 1. The molecule has 1 fully saturated rings. The van der Waals surface area contributed by atoms with Crippen LogP contribution in [0.1, 0.15) is 21.9 Å². The van der Waals surface area contributed by atoms with E-state index in [0.717, 1.165) is 43.6 Å². The number of imide groups is 1. The Morgan fingerprint density at radius 1 is 0.950 bits per heavy atom. The van der Waals surface area contributed by atoms with E-state index in [4.69, 9.17) is 0 Å². The quantitative estimate of drug-likeness (QED) is 0.290. The zero-order valence-electron chi connectivity index (χ0n) is 21.0. The number of halogens is 2. The van der Waals surface area contributed by atoms with Crippen molar-refractivity contribution < 1.29 is 18.8 Å². The van der Waals surface area contributed by atoms with Crippen LogP contribution in [0.15, 0.2) is 87.1 Å². The molecule has 3 atom stereocenters. The third kappa shape index (κ3) is 4.71. The van der Waals surface area contributed by atoms with E-state index in [1.165, 1.54) is 28.8 Å². The largest absolute Gasteiger partial charge is 0.325 e. The summed E-state index contributed by atoms with van der Waals surface area (Å²) in [5.41, 5.74) is 2.73. The Hall–Kier alpha value is -3.54. The lowest BCUT2D eigenvalue weighted by molar-refractivity contribution is -0.122. The number of amides is 3. The number of aromatic nitrogens is 1. The van der Waals surface area contributed by atoms with Gasteiger partial charge in [-0.1, -0.05) is 68.9 Å². The van der Waals surface area contributed by atoms with Gasteiger partial charge in [-0.15, -0.1) is 0 Å². The van der Waals surface area contributed by atoms with E-state index in [2.05, 4.69) is 21.2 Å². The van der Waals surface area contributed by atoms with Crippen LogP contribution in [0.2, 0.25) is 0 Å². The molecule has 3 unspecified atom stereocenters. The number of hydrogen-bond donors (Lipinski definition) is 1. The van der Waals surface area contributed by atoms with Crippen molar-refractivity contribution in [3.05, 3.63) is 109 Å². The molecule has 0 radical (unpaired) electrons. The highest BCUT2D eigenvalue weighted by Gasteiger charge is 2.56. The van der Waals surface area contributed by atoms with Gasteiger partial charge in [0, 0.05) is 21.0 Å². The van der Waals surface area contributed by atoms with Crippen LogP contribution in [0, 0.1) is 18.7 Å². The average Bonchev–Trinajstić information content (AvgIpc) is 3.37. The highest BCUT2D eigenvalue weighted by molar-refractivity contribution is 9.10. The van der Waals surface area contributed by atoms with E-state index in [1.54, 1.807) is 12.1 Å². The number of fused-ring (bicyclic) bond motifs is 2. The summed E-state index contributed by atoms with van der Waals surface area (Å²) >= 11 is 5.57. The van der Waals surface area contributed by atoms with Crippen molar-refractivity contribution in [3.8, 4) is 0 Å². The van der Waals surface area contributed by atoms with Crippen LogP contribution < -0.4 is 15.1 Å². The molecule has 2 aliphatic heterocycles. The smallest absolute Gasteiger partial charge is 0.308 e. The third-order valence-electron chi connectivity index (χ3n) is 7.00. The number of benzene rings is 3. The zero-order valence-corrected chi connectivity index (χ0v) is 24.2. The summed E-state index contributed by atoms with van der Waals surface area (Å²) in [6.45, 7) is 1.71. The van der Waals surface area contributed by atoms with E-state index in [-0.39, 0.29) is 17.3 Å². The molecule has 7 nitrogen and oxygen atoms in total. The predicted octanol–water partition coefficient (Wildman–Crippen LogP) is 5.55. The Morgan fingerprint density at radius 3 is 2.30 bits per heavy atom. The van der Waals surface area contributed by atoms with E-state index < -0.39 is 34.7 Å². The Kier molecular flexibility index (Phi) is 6.97. The molecule has 11 heteroatoms. The van der Waals surface area contributed by atoms with Crippen LogP contribution in [0.5, 0.6) is 0 Å². The van der Waals surface area contributed by atoms with Crippen LogP contribution in [0.25, 0.3) is 0 Å². The Morgan fingerprint density at radius 2 is 1.62 bits per heavy atom. The number of nitrogens with one attached hydrogen (secondary N) is 1. The van der Waals surface area contributed by atoms with Gasteiger partial charge in [0.2, 0.25) is 17.7 Å². The molecule has 2 aliphatic rings. The molecule has 202 valence electrons. The van der Waals surface area contributed by atoms with Gasteiger partial charge in [-0.3, -0.25) is 23.7 Å². The lowest BCUT2D eigenvalue weighted by Gasteiger charge is -2.30. The van der Waals surface area contributed by atoms with E-state index >= 15 is 0 Å². The number of carbonyl (C=O) groups is 3. The fourth-order valence-electron chi connectivity index (χ4n) is 5.11. The van der Waals surface area contributed by atoms with Crippen molar-refractivity contribution in [2.24, 2.45) is 5.92 Å². The van der Waals surface area contributed by atoms with Gasteiger partial charge < -0.3 is 5.32 Å². The second kappa shape index (κ2) is 10.5. The Balaban J connectivity index is 1.40. The van der Waals surface area contributed by atoms with Crippen molar-refractivity contribution in [2.45, 2.75) is 29.7 Å². The fourth-order valence-corrected chi connectivity index (χ4v) is 8.15. The van der Waals surface area contributed by atoms with Crippen LogP contribution in [0.3, 0.4) is 0 Å². The van der Waals surface area contributed by atoms with E-state index in [0.29, 0.717) is 21.3 Å². The molecule has 3 aromatic carbocycles. The summed E-state index contributed by atoms with van der Waals surface area (Å²) in [6.07, 6.45) is 0. The molecule has 0 spiro atoms. The number of hydrogen-bond acceptors (Lipinski definition) is 6. The summed E-state index contributed by atoms with van der Waals surface area (Å²) in [6, 6.07) is 20.0. The molecule has 1 saturated heterocycles. The van der Waals surface area contributed by atoms with E-state index in [1.807, 2.05) is 43.3 Å². The molecule has 0 saturated carbocycles. The number of anilines is 2. The molecule has 3 heterocycles. The molecular formula is C29H21BrFN3O4S2. The maximum atomic E-state index is 13.8. The highest BCUT2D eigenvalue weighted by atomic mass is 79.9. The molecule has 0 aliphatic carbocycles. The van der Waals surface area contributed by atoms with E-state index in [9.17, 15) is 23.6 Å². The number of thiazole rings is 1. The normalized spacial score (nSPS) is 19.9. The molecule has 4 aromatic rings. The van der Waals surface area contributed by atoms with Gasteiger partial charge in [-0.25, -0.2) is 9.29 Å². The number of nitrogens with zero attached hydrogens (tertiary/aromatic N) is 2. The summed E-state index contributed by atoms with van der Waals surface area (Å²) in [5.74, 6) is -3.04. The van der Waals surface area contributed by atoms with Crippen LogP contribution in [-0.2, 0) is 20.9 Å². The SMILES string of the molecule is Cc1ccc(NC(=O)Cn2c3c(sc2=O)C(c2ccc(Br)cc2)C2C(=O)N(c4ccc(F)cc4)C(=O)C2S3)cc1.